The van der Waals surface area contributed by atoms with Crippen molar-refractivity contribution in [2.24, 2.45) is 0 Å². The molecule has 0 radical (unpaired) electrons. The van der Waals surface area contributed by atoms with Gasteiger partial charge < -0.3 is 29.5 Å². The highest BCUT2D eigenvalue weighted by Crippen LogP contribution is 2.20. The van der Waals surface area contributed by atoms with Gasteiger partial charge in [0.2, 0.25) is 0 Å². The van der Waals surface area contributed by atoms with Crippen molar-refractivity contribution in [3.63, 3.8) is 0 Å². The normalized spacial score (nSPS) is 13.4. The van der Waals surface area contributed by atoms with E-state index < -0.39 is 61.6 Å². The molecule has 0 saturated heterocycles. The summed E-state index contributed by atoms with van der Waals surface area (Å²) in [5.74, 6) is -4.56. The molecule has 10 heteroatoms. The summed E-state index contributed by atoms with van der Waals surface area (Å²) in [5.41, 5.74) is -2.67. The first-order valence-corrected chi connectivity index (χ1v) is 14.7. The Hall–Kier alpha value is -2.04. The Morgan fingerprint density at radius 1 is 0.692 bits per heavy atom. The summed E-state index contributed by atoms with van der Waals surface area (Å²) in [6.07, 6.45) is 16.2. The van der Waals surface area contributed by atoms with Gasteiger partial charge in [0.05, 0.1) is 26.1 Å². The average Bonchev–Trinajstić information content (AvgIpc) is 2.88. The first kappa shape index (κ1) is 37.0. The Bertz CT molecular complexity index is 681. The topological polar surface area (TPSA) is 157 Å². The van der Waals surface area contributed by atoms with Crippen molar-refractivity contribution in [2.45, 2.75) is 141 Å². The zero-order valence-electron chi connectivity index (χ0n) is 24.1. The molecule has 0 aromatic rings. The SMILES string of the molecule is CCCCCCCCCCCCCCCCCCOC(=O)CC(O)(CC(=O)OCC(O)CO)C(=O)OC(C)=O. The van der Waals surface area contributed by atoms with Gasteiger partial charge in [-0.3, -0.25) is 14.4 Å². The fourth-order valence-corrected chi connectivity index (χ4v) is 4.09. The number of esters is 4. The van der Waals surface area contributed by atoms with Crippen LogP contribution in [0.1, 0.15) is 129 Å². The molecule has 2 atom stereocenters. The monoisotopic (exact) mass is 560 g/mol. The molecule has 0 saturated carbocycles. The van der Waals surface area contributed by atoms with Crippen molar-refractivity contribution < 1.29 is 48.7 Å². The van der Waals surface area contributed by atoms with E-state index in [9.17, 15) is 29.4 Å². The average molecular weight is 561 g/mol. The van der Waals surface area contributed by atoms with Crippen molar-refractivity contribution >= 4 is 23.9 Å². The van der Waals surface area contributed by atoms with Crippen LogP contribution in [-0.2, 0) is 33.4 Å². The third-order valence-corrected chi connectivity index (χ3v) is 6.40. The van der Waals surface area contributed by atoms with Crippen LogP contribution in [0.15, 0.2) is 0 Å². The number of carbonyl (C=O) groups is 4. The maximum atomic E-state index is 12.2. The Kier molecular flexibility index (Phi) is 22.6. The number of ether oxygens (including phenoxy) is 3. The molecule has 0 aliphatic heterocycles. The molecule has 0 aliphatic carbocycles. The number of aliphatic hydroxyl groups is 3. The van der Waals surface area contributed by atoms with Gasteiger partial charge in [0.15, 0.2) is 5.60 Å². The third kappa shape index (κ3) is 21.5. The molecule has 0 spiro atoms. The van der Waals surface area contributed by atoms with Crippen molar-refractivity contribution in [1.82, 2.24) is 0 Å². The van der Waals surface area contributed by atoms with Crippen LogP contribution in [0.2, 0.25) is 0 Å². The first-order valence-electron chi connectivity index (χ1n) is 14.7. The predicted octanol–water partition coefficient (Wildman–Crippen LogP) is 4.29. The molecule has 39 heavy (non-hydrogen) atoms. The van der Waals surface area contributed by atoms with Gasteiger partial charge in [-0.15, -0.1) is 0 Å². The molecule has 3 N–H and O–H groups in total. The van der Waals surface area contributed by atoms with Crippen LogP contribution < -0.4 is 0 Å². The minimum atomic E-state index is -2.67. The van der Waals surface area contributed by atoms with Gasteiger partial charge in [-0.25, -0.2) is 4.79 Å². The number of hydrogen-bond acceptors (Lipinski definition) is 10. The molecule has 0 rings (SSSR count). The van der Waals surface area contributed by atoms with Crippen LogP contribution in [0.25, 0.3) is 0 Å². The molecular weight excluding hydrogens is 508 g/mol. The zero-order valence-corrected chi connectivity index (χ0v) is 24.1. The number of rotatable bonds is 25. The smallest absolute Gasteiger partial charge is 0.346 e. The lowest BCUT2D eigenvalue weighted by Gasteiger charge is -2.23. The van der Waals surface area contributed by atoms with Gasteiger partial charge in [-0.05, 0) is 6.42 Å². The molecule has 0 heterocycles. The largest absolute Gasteiger partial charge is 0.466 e. The number of aliphatic hydroxyl groups excluding tert-OH is 2. The van der Waals surface area contributed by atoms with Gasteiger partial charge in [0.25, 0.3) is 0 Å². The number of hydrogen-bond donors (Lipinski definition) is 3. The Labute approximate surface area is 233 Å². The Morgan fingerprint density at radius 3 is 1.51 bits per heavy atom. The lowest BCUT2D eigenvalue weighted by Crippen LogP contribution is -2.45. The van der Waals surface area contributed by atoms with Crippen LogP contribution in [0.3, 0.4) is 0 Å². The fourth-order valence-electron chi connectivity index (χ4n) is 4.09. The molecule has 10 nitrogen and oxygen atoms in total. The van der Waals surface area contributed by atoms with Gasteiger partial charge in [-0.1, -0.05) is 103 Å². The quantitative estimate of drug-likeness (QED) is 0.0637. The summed E-state index contributed by atoms with van der Waals surface area (Å²) in [6, 6.07) is 0. The number of unbranched alkanes of at least 4 members (excludes halogenated alkanes) is 15. The maximum Gasteiger partial charge on any atom is 0.346 e. The molecule has 0 aromatic heterocycles. The fraction of sp³-hybridized carbons (Fsp3) is 0.862. The zero-order chi connectivity index (χ0) is 29.4. The highest BCUT2D eigenvalue weighted by molar-refractivity contribution is 5.95. The summed E-state index contributed by atoms with van der Waals surface area (Å²) in [4.78, 5) is 47.5. The van der Waals surface area contributed by atoms with Crippen molar-refractivity contribution in [2.75, 3.05) is 19.8 Å². The van der Waals surface area contributed by atoms with Crippen molar-refractivity contribution in [3.8, 4) is 0 Å². The first-order chi connectivity index (χ1) is 18.6. The minimum Gasteiger partial charge on any atom is -0.466 e. The Morgan fingerprint density at radius 2 is 1.10 bits per heavy atom. The van der Waals surface area contributed by atoms with Crippen LogP contribution in [-0.4, -0.2) is 70.7 Å². The third-order valence-electron chi connectivity index (χ3n) is 6.40. The highest BCUT2D eigenvalue weighted by Gasteiger charge is 2.44. The van der Waals surface area contributed by atoms with Crippen LogP contribution >= 0.6 is 0 Å². The molecule has 0 amide bonds. The second-order valence-corrected chi connectivity index (χ2v) is 10.3. The van der Waals surface area contributed by atoms with E-state index in [2.05, 4.69) is 16.4 Å². The van der Waals surface area contributed by atoms with E-state index in [4.69, 9.17) is 9.84 Å². The molecule has 0 bridgehead atoms. The van der Waals surface area contributed by atoms with Crippen LogP contribution in [0.4, 0.5) is 0 Å². The molecular formula is C29H52O10. The molecule has 0 fully saturated rings. The summed E-state index contributed by atoms with van der Waals surface area (Å²) in [7, 11) is 0. The molecule has 2 unspecified atom stereocenters. The maximum absolute atomic E-state index is 12.2. The van der Waals surface area contributed by atoms with E-state index in [0.717, 1.165) is 26.2 Å². The lowest BCUT2D eigenvalue weighted by molar-refractivity contribution is -0.182. The van der Waals surface area contributed by atoms with E-state index in [1.54, 1.807) is 0 Å². The molecule has 228 valence electrons. The predicted molar refractivity (Wildman–Crippen MR) is 146 cm³/mol. The lowest BCUT2D eigenvalue weighted by atomic mass is 9.95. The molecule has 0 aromatic carbocycles. The van der Waals surface area contributed by atoms with Gasteiger partial charge in [0, 0.05) is 6.92 Å². The highest BCUT2D eigenvalue weighted by atomic mass is 16.6. The van der Waals surface area contributed by atoms with E-state index in [1.165, 1.54) is 77.0 Å². The summed E-state index contributed by atoms with van der Waals surface area (Å²) in [5, 5.41) is 28.6. The van der Waals surface area contributed by atoms with Gasteiger partial charge in [0.1, 0.15) is 12.7 Å². The van der Waals surface area contributed by atoms with Gasteiger partial charge in [-0.2, -0.15) is 0 Å². The summed E-state index contributed by atoms with van der Waals surface area (Å²) in [6.45, 7) is 2.05. The van der Waals surface area contributed by atoms with Crippen molar-refractivity contribution in [3.05, 3.63) is 0 Å². The second-order valence-electron chi connectivity index (χ2n) is 10.3. The van der Waals surface area contributed by atoms with E-state index >= 15 is 0 Å². The standard InChI is InChI=1S/C29H52O10/c1-3-4-5-6-7-8-9-10-11-12-13-14-15-16-17-18-19-37-26(33)20-29(36,28(35)39-24(2)31)21-27(34)38-23-25(32)22-30/h25,30,32,36H,3-23H2,1-2H3. The van der Waals surface area contributed by atoms with E-state index in [0.29, 0.717) is 6.42 Å². The van der Waals surface area contributed by atoms with E-state index in [1.807, 2.05) is 0 Å². The Balaban J connectivity index is 4.05. The van der Waals surface area contributed by atoms with Crippen LogP contribution in [0, 0.1) is 0 Å². The van der Waals surface area contributed by atoms with Gasteiger partial charge >= 0.3 is 23.9 Å². The second kappa shape index (κ2) is 23.8. The number of carbonyl (C=O) groups excluding carboxylic acids is 4. The summed E-state index contributed by atoms with van der Waals surface area (Å²) < 4.78 is 14.1. The van der Waals surface area contributed by atoms with Crippen LogP contribution in [0.5, 0.6) is 0 Å². The molecule has 0 aliphatic rings. The minimum absolute atomic E-state index is 0.0995. The summed E-state index contributed by atoms with van der Waals surface area (Å²) >= 11 is 0. The van der Waals surface area contributed by atoms with E-state index in [-0.39, 0.29) is 6.61 Å². The van der Waals surface area contributed by atoms with Crippen molar-refractivity contribution in [1.29, 1.82) is 0 Å².